The minimum absolute atomic E-state index is 0.331. The van der Waals surface area contributed by atoms with Gasteiger partial charge >= 0.3 is 11.9 Å². The molecule has 0 N–H and O–H groups in total. The third-order valence-corrected chi connectivity index (χ3v) is 6.42. The van der Waals surface area contributed by atoms with Crippen molar-refractivity contribution in [3.63, 3.8) is 0 Å². The minimum atomic E-state index is -3.96. The summed E-state index contributed by atoms with van der Waals surface area (Å²) in [6, 6.07) is 5.08. The van der Waals surface area contributed by atoms with Gasteiger partial charge in [-0.05, 0) is 31.4 Å². The van der Waals surface area contributed by atoms with E-state index >= 15 is 0 Å². The molecular formula is C16H20N3O4S+. The highest BCUT2D eigenvalue weighted by atomic mass is 32.2. The van der Waals surface area contributed by atoms with Gasteiger partial charge in [0.25, 0.3) is 10.0 Å². The molecular weight excluding hydrogens is 330 g/mol. The quantitative estimate of drug-likeness (QED) is 0.738. The van der Waals surface area contributed by atoms with Crippen molar-refractivity contribution < 1.29 is 22.6 Å². The standard InChI is InChI=1S/C16H20N3O4S/c1-11-6-7-13-12(9-11)5-4-8-19(13)24(22,23)14-10-17(2)16(21)18(3)15(14)20/h6-7,9-10,14H,4-5,8H2,1-3H3/q+1. The summed E-state index contributed by atoms with van der Waals surface area (Å²) in [5.41, 5.74) is 2.65. The lowest BCUT2D eigenvalue weighted by molar-refractivity contribution is -0.399. The number of rotatable bonds is 2. The highest BCUT2D eigenvalue weighted by Crippen LogP contribution is 2.31. The molecule has 3 amide bonds. The maximum Gasteiger partial charge on any atom is 0.500 e. The van der Waals surface area contributed by atoms with Gasteiger partial charge in [0.15, 0.2) is 0 Å². The number of benzene rings is 1. The number of urea groups is 1. The van der Waals surface area contributed by atoms with Gasteiger partial charge in [0, 0.05) is 6.54 Å². The highest BCUT2D eigenvalue weighted by Gasteiger charge is 2.48. The van der Waals surface area contributed by atoms with Crippen LogP contribution in [0, 0.1) is 6.92 Å². The Morgan fingerprint density at radius 1 is 1.25 bits per heavy atom. The number of imide groups is 1. The van der Waals surface area contributed by atoms with Crippen LogP contribution in [0.3, 0.4) is 0 Å². The molecule has 0 bridgehead atoms. The van der Waals surface area contributed by atoms with E-state index < -0.39 is 27.2 Å². The van der Waals surface area contributed by atoms with Gasteiger partial charge in [-0.2, -0.15) is 9.69 Å². The molecule has 2 aliphatic heterocycles. The van der Waals surface area contributed by atoms with Crippen LogP contribution in [-0.2, 0) is 21.2 Å². The Bertz CT molecular complexity index is 860. The van der Waals surface area contributed by atoms with E-state index in [1.165, 1.54) is 24.6 Å². The first-order valence-corrected chi connectivity index (χ1v) is 9.24. The van der Waals surface area contributed by atoms with Crippen molar-refractivity contribution in [2.24, 2.45) is 0 Å². The molecule has 0 aliphatic carbocycles. The number of amides is 3. The molecule has 0 radical (unpaired) electrons. The van der Waals surface area contributed by atoms with Gasteiger partial charge in [-0.25, -0.2) is 17.8 Å². The molecule has 24 heavy (non-hydrogen) atoms. The number of sulfonamides is 1. The molecule has 3 rings (SSSR count). The van der Waals surface area contributed by atoms with Gasteiger partial charge in [0.2, 0.25) is 5.25 Å². The fraction of sp³-hybridized carbons (Fsp3) is 0.438. The Kier molecular flexibility index (Phi) is 3.95. The van der Waals surface area contributed by atoms with E-state index in [1.54, 1.807) is 6.07 Å². The van der Waals surface area contributed by atoms with Crippen LogP contribution in [0.5, 0.6) is 0 Å². The molecule has 1 aromatic rings. The van der Waals surface area contributed by atoms with Crippen LogP contribution >= 0.6 is 0 Å². The SMILES string of the molecule is Cc1ccc2c(c1)CCCN2S(=O)(=O)C1C=[N+](C)C(=O)N(C)C1=O. The van der Waals surface area contributed by atoms with Gasteiger partial charge in [-0.15, -0.1) is 0 Å². The predicted octanol–water partition coefficient (Wildman–Crippen LogP) is 0.751. The Hall–Kier alpha value is -2.22. The Morgan fingerprint density at radius 2 is 1.96 bits per heavy atom. The number of fused-ring (bicyclic) bond motifs is 1. The predicted molar refractivity (Wildman–Crippen MR) is 90.0 cm³/mol. The molecule has 8 heteroatoms. The maximum absolute atomic E-state index is 13.1. The molecule has 0 aromatic heterocycles. The van der Waals surface area contributed by atoms with Crippen LogP contribution in [0.4, 0.5) is 10.5 Å². The van der Waals surface area contributed by atoms with Gasteiger partial charge < -0.3 is 0 Å². The first kappa shape index (κ1) is 16.6. The summed E-state index contributed by atoms with van der Waals surface area (Å²) >= 11 is 0. The average molecular weight is 350 g/mol. The lowest BCUT2D eigenvalue weighted by atomic mass is 10.0. The zero-order valence-electron chi connectivity index (χ0n) is 13.9. The van der Waals surface area contributed by atoms with Crippen LogP contribution in [0.1, 0.15) is 17.5 Å². The molecule has 1 aromatic carbocycles. The fourth-order valence-corrected chi connectivity index (χ4v) is 5.01. The van der Waals surface area contributed by atoms with E-state index in [2.05, 4.69) is 0 Å². The molecule has 1 unspecified atom stereocenters. The van der Waals surface area contributed by atoms with Crippen molar-refractivity contribution in [2.75, 3.05) is 24.9 Å². The second kappa shape index (κ2) is 5.70. The van der Waals surface area contributed by atoms with Gasteiger partial charge in [-0.3, -0.25) is 4.31 Å². The average Bonchev–Trinajstić information content (AvgIpc) is 2.55. The minimum Gasteiger partial charge on any atom is -0.269 e. The van der Waals surface area contributed by atoms with E-state index in [0.29, 0.717) is 18.7 Å². The molecule has 0 spiro atoms. The zero-order chi connectivity index (χ0) is 17.6. The van der Waals surface area contributed by atoms with E-state index in [4.69, 9.17) is 0 Å². The number of carbonyl (C=O) groups excluding carboxylic acids is 2. The summed E-state index contributed by atoms with van der Waals surface area (Å²) < 4.78 is 28.7. The summed E-state index contributed by atoms with van der Waals surface area (Å²) in [7, 11) is -1.22. The number of nitrogens with zero attached hydrogens (tertiary/aromatic N) is 3. The second-order valence-electron chi connectivity index (χ2n) is 6.21. The third-order valence-electron chi connectivity index (χ3n) is 4.46. The van der Waals surface area contributed by atoms with Crippen LogP contribution in [-0.4, -0.2) is 61.9 Å². The largest absolute Gasteiger partial charge is 0.500 e. The summed E-state index contributed by atoms with van der Waals surface area (Å²) in [6.45, 7) is 2.29. The van der Waals surface area contributed by atoms with Crippen molar-refractivity contribution >= 4 is 33.9 Å². The van der Waals surface area contributed by atoms with Crippen molar-refractivity contribution in [1.82, 2.24) is 4.90 Å². The molecule has 0 fully saturated rings. The third kappa shape index (κ3) is 2.50. The molecule has 0 saturated carbocycles. The van der Waals surface area contributed by atoms with E-state index in [0.717, 1.165) is 27.0 Å². The van der Waals surface area contributed by atoms with Gasteiger partial charge in [0.1, 0.15) is 6.21 Å². The monoisotopic (exact) mass is 350 g/mol. The molecule has 1 atom stereocenters. The smallest absolute Gasteiger partial charge is 0.269 e. The topological polar surface area (TPSA) is 77.8 Å². The molecule has 128 valence electrons. The van der Waals surface area contributed by atoms with Gasteiger partial charge in [-0.1, -0.05) is 17.7 Å². The number of hydrogen-bond donors (Lipinski definition) is 0. The first-order valence-electron chi connectivity index (χ1n) is 7.74. The first-order chi connectivity index (χ1) is 11.2. The Balaban J connectivity index is 2.07. The number of anilines is 1. The summed E-state index contributed by atoms with van der Waals surface area (Å²) in [5, 5.41) is -1.39. The van der Waals surface area contributed by atoms with E-state index in [1.807, 2.05) is 19.1 Å². The number of hydrogen-bond acceptors (Lipinski definition) is 4. The molecule has 2 aliphatic rings. The highest BCUT2D eigenvalue weighted by molar-refractivity contribution is 7.94. The van der Waals surface area contributed by atoms with E-state index in [9.17, 15) is 18.0 Å². The number of aryl methyl sites for hydroxylation is 2. The fourth-order valence-electron chi connectivity index (χ4n) is 3.15. The Labute approximate surface area is 141 Å². The van der Waals surface area contributed by atoms with Crippen LogP contribution in [0.25, 0.3) is 0 Å². The number of carbonyl (C=O) groups is 2. The molecule has 0 saturated heterocycles. The van der Waals surface area contributed by atoms with Crippen molar-refractivity contribution in [1.29, 1.82) is 0 Å². The molecule has 7 nitrogen and oxygen atoms in total. The summed E-state index contributed by atoms with van der Waals surface area (Å²) in [4.78, 5) is 25.0. The molecule has 2 heterocycles. The van der Waals surface area contributed by atoms with E-state index in [-0.39, 0.29) is 0 Å². The van der Waals surface area contributed by atoms with Crippen molar-refractivity contribution in [3.05, 3.63) is 29.3 Å². The summed E-state index contributed by atoms with van der Waals surface area (Å²) in [6.07, 6.45) is 2.69. The van der Waals surface area contributed by atoms with Crippen molar-refractivity contribution in [2.45, 2.75) is 25.0 Å². The zero-order valence-corrected chi connectivity index (χ0v) is 14.7. The van der Waals surface area contributed by atoms with Crippen LogP contribution < -0.4 is 4.31 Å². The van der Waals surface area contributed by atoms with Crippen LogP contribution in [0.15, 0.2) is 18.2 Å². The second-order valence-corrected chi connectivity index (χ2v) is 8.19. The van der Waals surface area contributed by atoms with Gasteiger partial charge in [0.05, 0.1) is 19.8 Å². The summed E-state index contributed by atoms with van der Waals surface area (Å²) in [5.74, 6) is -0.725. The normalized spacial score (nSPS) is 21.6. The lowest BCUT2D eigenvalue weighted by Crippen LogP contribution is -2.56. The van der Waals surface area contributed by atoms with Crippen LogP contribution in [0.2, 0.25) is 0 Å². The maximum atomic E-state index is 13.1. The Morgan fingerprint density at radius 3 is 2.67 bits per heavy atom. The lowest BCUT2D eigenvalue weighted by Gasteiger charge is -2.33. The van der Waals surface area contributed by atoms with Crippen molar-refractivity contribution in [3.8, 4) is 0 Å².